The molecule has 1 saturated carbocycles. The summed E-state index contributed by atoms with van der Waals surface area (Å²) < 4.78 is 0. The van der Waals surface area contributed by atoms with Crippen molar-refractivity contribution in [3.05, 3.63) is 35.4 Å². The minimum atomic E-state index is -0.696. The van der Waals surface area contributed by atoms with Crippen molar-refractivity contribution in [1.82, 2.24) is 20.5 Å². The molecule has 2 atom stereocenters. The zero-order valence-corrected chi connectivity index (χ0v) is 16.6. The summed E-state index contributed by atoms with van der Waals surface area (Å²) >= 11 is 1.50. The van der Waals surface area contributed by atoms with Gasteiger partial charge in [0.05, 0.1) is 5.00 Å². The van der Waals surface area contributed by atoms with E-state index in [0.717, 1.165) is 29.8 Å². The molecule has 0 aromatic carbocycles. The van der Waals surface area contributed by atoms with Crippen LogP contribution in [-0.4, -0.2) is 46.1 Å². The quantitative estimate of drug-likeness (QED) is 0.603. The molecule has 0 bridgehead atoms. The summed E-state index contributed by atoms with van der Waals surface area (Å²) in [4.78, 5) is 29.6. The molecule has 0 aliphatic heterocycles. The Balaban J connectivity index is 1.78. The van der Waals surface area contributed by atoms with Gasteiger partial charge in [-0.2, -0.15) is 4.98 Å². The Labute approximate surface area is 167 Å². The third kappa shape index (κ3) is 4.45. The van der Waals surface area contributed by atoms with Crippen molar-refractivity contribution in [2.75, 3.05) is 17.3 Å². The minimum absolute atomic E-state index is 0.00857. The van der Waals surface area contributed by atoms with Gasteiger partial charge in [0.2, 0.25) is 11.9 Å². The number of nitrogens with zero attached hydrogens (tertiary/aromatic N) is 4. The summed E-state index contributed by atoms with van der Waals surface area (Å²) in [6.45, 7) is 5.46. The predicted octanol–water partition coefficient (Wildman–Crippen LogP) is 1.74. The van der Waals surface area contributed by atoms with Crippen LogP contribution >= 0.6 is 11.3 Å². The van der Waals surface area contributed by atoms with Crippen molar-refractivity contribution < 1.29 is 9.59 Å². The molecule has 28 heavy (non-hydrogen) atoms. The van der Waals surface area contributed by atoms with E-state index in [2.05, 4.69) is 32.4 Å². The SMILES string of the molecule is C=CC(=O)NC1CC[C@@H](N(C)c2nnc(C(N)=O)c(Nc3cc(C)cs3)n2)C1. The molecule has 2 aromatic heterocycles. The van der Waals surface area contributed by atoms with Crippen molar-refractivity contribution in [2.24, 2.45) is 5.73 Å². The average molecular weight is 401 g/mol. The van der Waals surface area contributed by atoms with Crippen molar-refractivity contribution in [1.29, 1.82) is 0 Å². The summed E-state index contributed by atoms with van der Waals surface area (Å²) in [5.74, 6) is -0.199. The van der Waals surface area contributed by atoms with Gasteiger partial charge in [0.1, 0.15) is 0 Å². The molecule has 148 valence electrons. The Morgan fingerprint density at radius 1 is 1.39 bits per heavy atom. The Morgan fingerprint density at radius 2 is 2.18 bits per heavy atom. The number of hydrogen-bond donors (Lipinski definition) is 3. The molecule has 1 unspecified atom stereocenters. The fourth-order valence-electron chi connectivity index (χ4n) is 3.20. The molecule has 2 amide bonds. The topological polar surface area (TPSA) is 126 Å². The molecule has 0 radical (unpaired) electrons. The molecule has 10 heteroatoms. The van der Waals surface area contributed by atoms with Gasteiger partial charge in [-0.15, -0.1) is 21.5 Å². The predicted molar refractivity (Wildman–Crippen MR) is 109 cm³/mol. The maximum atomic E-state index is 11.7. The standard InChI is InChI=1S/C18H23N7O2S/c1-4-13(26)20-11-5-6-12(8-11)25(3)18-22-17(15(16(19)27)23-24-18)21-14-7-10(2)9-28-14/h4,7,9,11-12H,1,5-6,8H2,2-3H3,(H2,19,27)(H,20,26)(H,21,22,24)/t11?,12-/m1/s1. The van der Waals surface area contributed by atoms with Crippen molar-refractivity contribution in [3.63, 3.8) is 0 Å². The van der Waals surface area contributed by atoms with Crippen LogP contribution in [0.5, 0.6) is 0 Å². The number of nitrogens with one attached hydrogen (secondary N) is 2. The number of aromatic nitrogens is 3. The largest absolute Gasteiger partial charge is 0.364 e. The number of hydrogen-bond acceptors (Lipinski definition) is 8. The van der Waals surface area contributed by atoms with E-state index in [-0.39, 0.29) is 29.5 Å². The second-order valence-electron chi connectivity index (χ2n) is 6.77. The summed E-state index contributed by atoms with van der Waals surface area (Å²) in [5.41, 5.74) is 6.51. The summed E-state index contributed by atoms with van der Waals surface area (Å²) in [7, 11) is 1.88. The number of carbonyl (C=O) groups excluding carboxylic acids is 2. The van der Waals surface area contributed by atoms with Crippen LogP contribution in [0, 0.1) is 6.92 Å². The van der Waals surface area contributed by atoms with Crippen LogP contribution in [0.25, 0.3) is 0 Å². The molecule has 0 spiro atoms. The third-order valence-electron chi connectivity index (χ3n) is 4.68. The highest BCUT2D eigenvalue weighted by Gasteiger charge is 2.30. The molecule has 4 N–H and O–H groups in total. The zero-order valence-electron chi connectivity index (χ0n) is 15.8. The lowest BCUT2D eigenvalue weighted by atomic mass is 10.2. The van der Waals surface area contributed by atoms with Crippen molar-refractivity contribution in [3.8, 4) is 0 Å². The van der Waals surface area contributed by atoms with Gasteiger partial charge in [0.25, 0.3) is 5.91 Å². The summed E-state index contributed by atoms with van der Waals surface area (Å²) in [5, 5.41) is 16.9. The number of nitrogens with two attached hydrogens (primary N) is 1. The Kier molecular flexibility index (Phi) is 5.88. The molecule has 1 aliphatic carbocycles. The summed E-state index contributed by atoms with van der Waals surface area (Å²) in [6.07, 6.45) is 3.79. The van der Waals surface area contributed by atoms with Crippen molar-refractivity contribution in [2.45, 2.75) is 38.3 Å². The molecule has 1 fully saturated rings. The first-order valence-electron chi connectivity index (χ1n) is 8.89. The van der Waals surface area contributed by atoms with Gasteiger partial charge < -0.3 is 21.3 Å². The van der Waals surface area contributed by atoms with Crippen molar-refractivity contribution >= 4 is 39.9 Å². The highest BCUT2D eigenvalue weighted by molar-refractivity contribution is 7.14. The first kappa shape index (κ1) is 19.7. The van der Waals surface area contributed by atoms with E-state index in [1.54, 1.807) is 0 Å². The fraction of sp³-hybridized carbons (Fsp3) is 0.389. The van der Waals surface area contributed by atoms with Gasteiger partial charge in [-0.25, -0.2) is 0 Å². The molecular formula is C18H23N7O2S. The highest BCUT2D eigenvalue weighted by Crippen LogP contribution is 2.28. The molecule has 2 aromatic rings. The van der Waals surface area contributed by atoms with Gasteiger partial charge in [0.15, 0.2) is 11.5 Å². The second kappa shape index (κ2) is 8.34. The van der Waals surface area contributed by atoms with E-state index in [1.165, 1.54) is 17.4 Å². The third-order valence-corrected chi connectivity index (χ3v) is 5.64. The molecule has 1 aliphatic rings. The number of thiophene rings is 1. The van der Waals surface area contributed by atoms with Gasteiger partial charge >= 0.3 is 0 Å². The average Bonchev–Trinajstić information content (AvgIpc) is 3.29. The molecule has 9 nitrogen and oxygen atoms in total. The molecule has 2 heterocycles. The fourth-order valence-corrected chi connectivity index (χ4v) is 3.99. The first-order chi connectivity index (χ1) is 13.4. The van der Waals surface area contributed by atoms with E-state index >= 15 is 0 Å². The number of aryl methyl sites for hydroxylation is 1. The van der Waals surface area contributed by atoms with Gasteiger partial charge in [0, 0.05) is 19.1 Å². The monoisotopic (exact) mass is 401 g/mol. The lowest BCUT2D eigenvalue weighted by Gasteiger charge is -2.24. The second-order valence-corrected chi connectivity index (χ2v) is 7.69. The van der Waals surface area contributed by atoms with E-state index < -0.39 is 5.91 Å². The Bertz CT molecular complexity index is 898. The van der Waals surface area contributed by atoms with Crippen LogP contribution in [0.3, 0.4) is 0 Å². The summed E-state index contributed by atoms with van der Waals surface area (Å²) in [6, 6.07) is 2.18. The molecule has 3 rings (SSSR count). The minimum Gasteiger partial charge on any atom is -0.364 e. The number of anilines is 3. The molecular weight excluding hydrogens is 378 g/mol. The lowest BCUT2D eigenvalue weighted by molar-refractivity contribution is -0.117. The Hall–Kier alpha value is -3.01. The molecule has 0 saturated heterocycles. The lowest BCUT2D eigenvalue weighted by Crippen LogP contribution is -2.36. The van der Waals surface area contributed by atoms with Gasteiger partial charge in [-0.1, -0.05) is 6.58 Å². The zero-order chi connectivity index (χ0) is 20.3. The maximum absolute atomic E-state index is 11.7. The maximum Gasteiger partial charge on any atom is 0.273 e. The van der Waals surface area contributed by atoms with Crippen LogP contribution in [0.1, 0.15) is 35.3 Å². The van der Waals surface area contributed by atoms with E-state index in [9.17, 15) is 9.59 Å². The van der Waals surface area contributed by atoms with Crippen LogP contribution in [0.4, 0.5) is 16.8 Å². The Morgan fingerprint density at radius 3 is 2.82 bits per heavy atom. The van der Waals surface area contributed by atoms with Crippen LogP contribution in [0.15, 0.2) is 24.1 Å². The number of rotatable bonds is 7. The normalized spacial score (nSPS) is 18.5. The first-order valence-corrected chi connectivity index (χ1v) is 9.77. The number of amides is 2. The highest BCUT2D eigenvalue weighted by atomic mass is 32.1. The van der Waals surface area contributed by atoms with Crippen LogP contribution in [0.2, 0.25) is 0 Å². The van der Waals surface area contributed by atoms with Gasteiger partial charge in [-0.05, 0) is 49.3 Å². The van der Waals surface area contributed by atoms with E-state index in [4.69, 9.17) is 5.73 Å². The van der Waals surface area contributed by atoms with E-state index in [0.29, 0.717) is 5.95 Å². The number of carbonyl (C=O) groups is 2. The van der Waals surface area contributed by atoms with Crippen LogP contribution < -0.4 is 21.3 Å². The van der Waals surface area contributed by atoms with E-state index in [1.807, 2.05) is 30.3 Å². The van der Waals surface area contributed by atoms with Crippen LogP contribution in [-0.2, 0) is 4.79 Å². The van der Waals surface area contributed by atoms with Gasteiger partial charge in [-0.3, -0.25) is 9.59 Å². The number of primary amides is 1. The smallest absolute Gasteiger partial charge is 0.273 e.